The standard InChI is InChI=1S/C20H31NO7/c1-5-14(11(2)10-21(3)4)12-7-6-8-13(9-12)27-20-17(24)15(22)16(23)18(28-20)19(25)26/h6-9,11,14-18,20,22-24H,5,10H2,1-4H3,(H,25,26)/t11?,14?,15-,16-,17?,18?,20+/m0/s1/i1D3,5D2. The number of aliphatic hydroxyl groups is 3. The molecule has 1 saturated heterocycles. The van der Waals surface area contributed by atoms with Crippen LogP contribution >= 0.6 is 0 Å². The Kier molecular flexibility index (Phi) is 5.57. The van der Waals surface area contributed by atoms with Gasteiger partial charge >= 0.3 is 5.97 Å². The summed E-state index contributed by atoms with van der Waals surface area (Å²) in [6.45, 7) is -0.766. The fourth-order valence-corrected chi connectivity index (χ4v) is 3.30. The van der Waals surface area contributed by atoms with Crippen LogP contribution in [0.1, 0.15) is 38.5 Å². The van der Waals surface area contributed by atoms with E-state index in [1.54, 1.807) is 27.1 Å². The van der Waals surface area contributed by atoms with Gasteiger partial charge in [-0.3, -0.25) is 0 Å². The number of hydrogen-bond donors (Lipinski definition) is 4. The second-order valence-corrected chi connectivity index (χ2v) is 7.29. The Hall–Kier alpha value is -1.71. The van der Waals surface area contributed by atoms with Crippen LogP contribution in [0, 0.1) is 5.92 Å². The molecule has 2 rings (SSSR count). The van der Waals surface area contributed by atoms with E-state index in [1.807, 2.05) is 4.90 Å². The summed E-state index contributed by atoms with van der Waals surface area (Å²) in [5.41, 5.74) is 0.323. The van der Waals surface area contributed by atoms with Crippen molar-refractivity contribution in [3.05, 3.63) is 29.8 Å². The first-order valence-corrected chi connectivity index (χ1v) is 8.91. The van der Waals surface area contributed by atoms with E-state index < -0.39 is 61.7 Å². The summed E-state index contributed by atoms with van der Waals surface area (Å²) in [5, 5.41) is 39.1. The lowest BCUT2D eigenvalue weighted by atomic mass is 9.85. The molecule has 1 aromatic carbocycles. The molecule has 0 aromatic heterocycles. The lowest BCUT2D eigenvalue weighted by molar-refractivity contribution is -0.271. The highest BCUT2D eigenvalue weighted by molar-refractivity contribution is 5.73. The van der Waals surface area contributed by atoms with Gasteiger partial charge in [0.2, 0.25) is 6.29 Å². The van der Waals surface area contributed by atoms with Crippen LogP contribution in [0.5, 0.6) is 5.75 Å². The zero-order valence-corrected chi connectivity index (χ0v) is 16.0. The van der Waals surface area contributed by atoms with Crippen LogP contribution in [-0.2, 0) is 9.53 Å². The third-order valence-electron chi connectivity index (χ3n) is 4.66. The van der Waals surface area contributed by atoms with Crippen molar-refractivity contribution in [2.24, 2.45) is 5.92 Å². The van der Waals surface area contributed by atoms with Gasteiger partial charge in [0.25, 0.3) is 0 Å². The van der Waals surface area contributed by atoms with Crippen molar-refractivity contribution >= 4 is 5.97 Å². The Morgan fingerprint density at radius 1 is 1.32 bits per heavy atom. The predicted octanol–water partition coefficient (Wildman–Crippen LogP) is 0.649. The quantitative estimate of drug-likeness (QED) is 0.500. The SMILES string of the molecule is [2H]C([2H])([2H])C([2H])([2H])C(c1cccc(O[C@@H]2OC(C(=O)O)[C@@H](O)[C@H](O)C2O)c1)C(C)CN(C)C. The third kappa shape index (κ3) is 5.21. The molecule has 0 spiro atoms. The van der Waals surface area contributed by atoms with Crippen LogP contribution in [0.25, 0.3) is 0 Å². The monoisotopic (exact) mass is 402 g/mol. The van der Waals surface area contributed by atoms with Crippen molar-refractivity contribution < 1.29 is 41.5 Å². The average Bonchev–Trinajstić information content (AvgIpc) is 2.67. The molecular formula is C20H31NO7. The summed E-state index contributed by atoms with van der Waals surface area (Å²) in [6, 6.07) is 5.89. The summed E-state index contributed by atoms with van der Waals surface area (Å²) in [5.74, 6) is -3.00. The summed E-state index contributed by atoms with van der Waals surface area (Å²) in [6.07, 6.45) is -11.5. The van der Waals surface area contributed by atoms with Gasteiger partial charge in [-0.1, -0.05) is 25.9 Å². The van der Waals surface area contributed by atoms with E-state index in [9.17, 15) is 25.2 Å². The van der Waals surface area contributed by atoms with Gasteiger partial charge in [0.05, 0.1) is 0 Å². The Morgan fingerprint density at radius 2 is 2.04 bits per heavy atom. The average molecular weight is 402 g/mol. The molecule has 1 aliphatic rings. The Balaban J connectivity index is 2.39. The minimum atomic E-state index is -2.91. The fraction of sp³-hybridized carbons (Fsp3) is 0.650. The van der Waals surface area contributed by atoms with E-state index in [-0.39, 0.29) is 5.75 Å². The van der Waals surface area contributed by atoms with Crippen LogP contribution < -0.4 is 4.74 Å². The van der Waals surface area contributed by atoms with E-state index in [1.165, 1.54) is 18.2 Å². The number of carboxylic acids is 1. The first-order chi connectivity index (χ1) is 15.1. The van der Waals surface area contributed by atoms with Gasteiger partial charge in [-0.05, 0) is 50.0 Å². The van der Waals surface area contributed by atoms with Gasteiger partial charge in [0.15, 0.2) is 6.10 Å². The van der Waals surface area contributed by atoms with E-state index in [4.69, 9.17) is 16.3 Å². The number of aliphatic hydroxyl groups excluding tert-OH is 3. The zero-order chi connectivity index (χ0) is 25.3. The van der Waals surface area contributed by atoms with Crippen molar-refractivity contribution in [2.75, 3.05) is 20.6 Å². The summed E-state index contributed by atoms with van der Waals surface area (Å²) >= 11 is 0. The van der Waals surface area contributed by atoms with Gasteiger partial charge in [0.1, 0.15) is 24.1 Å². The molecule has 0 amide bonds. The second kappa shape index (κ2) is 9.67. The zero-order valence-electron chi connectivity index (χ0n) is 21.0. The van der Waals surface area contributed by atoms with Crippen LogP contribution in [0.3, 0.4) is 0 Å². The topological polar surface area (TPSA) is 120 Å². The largest absolute Gasteiger partial charge is 0.479 e. The lowest BCUT2D eigenvalue weighted by Gasteiger charge is -2.38. The minimum Gasteiger partial charge on any atom is -0.479 e. The van der Waals surface area contributed by atoms with E-state index in [2.05, 4.69) is 0 Å². The maximum absolute atomic E-state index is 11.3. The molecule has 0 radical (unpaired) electrons. The molecule has 0 saturated carbocycles. The van der Waals surface area contributed by atoms with Gasteiger partial charge in [-0.15, -0.1) is 0 Å². The van der Waals surface area contributed by atoms with E-state index >= 15 is 0 Å². The Labute approximate surface area is 172 Å². The molecule has 4 N–H and O–H groups in total. The predicted molar refractivity (Wildman–Crippen MR) is 102 cm³/mol. The molecular weight excluding hydrogens is 366 g/mol. The van der Waals surface area contributed by atoms with Crippen LogP contribution in [-0.4, -0.2) is 82.6 Å². The first-order valence-electron chi connectivity index (χ1n) is 11.4. The van der Waals surface area contributed by atoms with Gasteiger partial charge in [-0.2, -0.15) is 0 Å². The highest BCUT2D eigenvalue weighted by Crippen LogP contribution is 2.32. The summed E-state index contributed by atoms with van der Waals surface area (Å²) < 4.78 is 50.6. The molecule has 1 heterocycles. The van der Waals surface area contributed by atoms with Gasteiger partial charge < -0.3 is 34.8 Å². The number of ether oxygens (including phenoxy) is 2. The molecule has 8 nitrogen and oxygen atoms in total. The number of carbonyl (C=O) groups is 1. The van der Waals surface area contributed by atoms with Crippen molar-refractivity contribution in [1.82, 2.24) is 4.90 Å². The third-order valence-corrected chi connectivity index (χ3v) is 4.66. The molecule has 1 aromatic rings. The number of rotatable bonds is 8. The number of aliphatic carboxylic acids is 1. The number of hydrogen-bond acceptors (Lipinski definition) is 7. The van der Waals surface area contributed by atoms with Gasteiger partial charge in [0, 0.05) is 13.4 Å². The molecule has 28 heavy (non-hydrogen) atoms. The van der Waals surface area contributed by atoms with Crippen LogP contribution in [0.4, 0.5) is 0 Å². The maximum Gasteiger partial charge on any atom is 0.335 e. The molecule has 8 heteroatoms. The number of carboxylic acid groups (broad SMARTS) is 1. The maximum atomic E-state index is 11.3. The fourth-order valence-electron chi connectivity index (χ4n) is 3.30. The summed E-state index contributed by atoms with van der Waals surface area (Å²) in [4.78, 5) is 13.1. The Morgan fingerprint density at radius 3 is 2.64 bits per heavy atom. The highest BCUT2D eigenvalue weighted by Gasteiger charge is 2.48. The Bertz CT molecular complexity index is 822. The molecule has 1 fully saturated rings. The number of benzene rings is 1. The molecule has 0 aliphatic carbocycles. The molecule has 7 atom stereocenters. The lowest BCUT2D eigenvalue weighted by Crippen LogP contribution is -2.61. The number of nitrogens with zero attached hydrogens (tertiary/aromatic N) is 1. The minimum absolute atomic E-state index is 0.0349. The van der Waals surface area contributed by atoms with Crippen molar-refractivity contribution in [2.45, 2.75) is 56.8 Å². The van der Waals surface area contributed by atoms with Crippen molar-refractivity contribution in [1.29, 1.82) is 0 Å². The highest BCUT2D eigenvalue weighted by atomic mass is 16.7. The summed E-state index contributed by atoms with van der Waals surface area (Å²) in [7, 11) is 3.58. The van der Waals surface area contributed by atoms with Crippen molar-refractivity contribution in [3.63, 3.8) is 0 Å². The second-order valence-electron chi connectivity index (χ2n) is 7.29. The van der Waals surface area contributed by atoms with Crippen LogP contribution in [0.2, 0.25) is 0 Å². The molecule has 4 unspecified atom stereocenters. The molecule has 1 aliphatic heterocycles. The molecule has 0 bridgehead atoms. The molecule has 158 valence electrons. The first kappa shape index (κ1) is 16.1. The van der Waals surface area contributed by atoms with E-state index in [0.29, 0.717) is 12.1 Å². The van der Waals surface area contributed by atoms with Crippen molar-refractivity contribution in [3.8, 4) is 5.75 Å². The van der Waals surface area contributed by atoms with Crippen LogP contribution in [0.15, 0.2) is 24.3 Å². The normalized spacial score (nSPS) is 33.7. The van der Waals surface area contributed by atoms with E-state index in [0.717, 1.165) is 0 Å². The smallest absolute Gasteiger partial charge is 0.335 e. The van der Waals surface area contributed by atoms with Gasteiger partial charge in [-0.25, -0.2) is 4.79 Å².